The molecule has 12 aromatic heterocycles. The minimum Gasteiger partial charge on any atom is -0.435 e. The summed E-state index contributed by atoms with van der Waals surface area (Å²) in [6.07, 6.45) is -1.46. The number of anilines is 14. The highest BCUT2D eigenvalue weighted by atomic mass is 19.4. The van der Waals surface area contributed by atoms with Gasteiger partial charge in [0.05, 0.1) is 67.7 Å². The molecular formula is C99H73F19N30O2. The summed E-state index contributed by atoms with van der Waals surface area (Å²) in [6.45, 7) is -4.37. The van der Waals surface area contributed by atoms with Gasteiger partial charge in [-0.25, -0.2) is 48.7 Å². The number of alkyl halides is 13. The Balaban J connectivity index is 0.000000118. The summed E-state index contributed by atoms with van der Waals surface area (Å²) < 4.78 is 267. The van der Waals surface area contributed by atoms with Crippen LogP contribution in [0, 0.1) is 41.8 Å². The van der Waals surface area contributed by atoms with Crippen LogP contribution in [0.2, 0.25) is 0 Å². The van der Waals surface area contributed by atoms with Crippen LogP contribution >= 0.6 is 0 Å². The van der Waals surface area contributed by atoms with Gasteiger partial charge in [-0.1, -0.05) is 42.5 Å². The van der Waals surface area contributed by atoms with Crippen LogP contribution in [0.25, 0.3) is 85.2 Å². The zero-order chi connectivity index (χ0) is 105. The molecule has 150 heavy (non-hydrogen) atoms. The van der Waals surface area contributed by atoms with Crippen molar-refractivity contribution in [3.8, 4) is 46.8 Å². The number of imidazole rings is 5. The highest BCUT2D eigenvalue weighted by Gasteiger charge is 2.38. The fraction of sp³-hybridized carbons (Fsp3) is 0.152. The van der Waals surface area contributed by atoms with Crippen LogP contribution in [0.3, 0.4) is 0 Å². The van der Waals surface area contributed by atoms with Crippen LogP contribution in [0.1, 0.15) is 96.3 Å². The number of hydrogen-bond donors (Lipinski definition) is 9. The molecule has 0 radical (unpaired) electrons. The molecule has 0 bridgehead atoms. The first kappa shape index (κ1) is 100. The lowest BCUT2D eigenvalue weighted by molar-refractivity contribution is -0.138. The largest absolute Gasteiger partial charge is 0.435 e. The predicted octanol–water partition coefficient (Wildman–Crippen LogP) is 23.5. The molecule has 0 saturated heterocycles. The third-order valence-corrected chi connectivity index (χ3v) is 23.0. The number of para-hydroxylation sites is 6. The monoisotopic (exact) mass is 2070 g/mol. The molecule has 0 unspecified atom stereocenters. The summed E-state index contributed by atoms with van der Waals surface area (Å²) in [7, 11) is 0. The summed E-state index contributed by atoms with van der Waals surface area (Å²) in [5.41, 5.74) is 28.6. The van der Waals surface area contributed by atoms with E-state index in [9.17, 15) is 83.4 Å². The first-order chi connectivity index (χ1) is 71.8. The lowest BCUT2D eigenvalue weighted by Crippen LogP contribution is -2.12. The summed E-state index contributed by atoms with van der Waals surface area (Å²) in [6, 6.07) is 52.4. The third-order valence-electron chi connectivity index (χ3n) is 23.0. The Labute approximate surface area is 831 Å². The fourth-order valence-corrected chi connectivity index (χ4v) is 15.5. The van der Waals surface area contributed by atoms with E-state index >= 15 is 0 Å². The average Bonchev–Trinajstić information content (AvgIpc) is 1.62. The number of nitrogens with two attached hydrogens (primary N) is 4. The van der Waals surface area contributed by atoms with Gasteiger partial charge in [-0.15, -0.1) is 0 Å². The Kier molecular flexibility index (Phi) is 27.4. The molecule has 23 rings (SSSR count). The lowest BCUT2D eigenvalue weighted by atomic mass is 10.2. The first-order valence-electron chi connectivity index (χ1n) is 45.0. The zero-order valence-corrected chi connectivity index (χ0v) is 76.9. The van der Waals surface area contributed by atoms with E-state index in [1.165, 1.54) is 65.2 Å². The van der Waals surface area contributed by atoms with Crippen molar-refractivity contribution in [3.63, 3.8) is 0 Å². The summed E-state index contributed by atoms with van der Waals surface area (Å²) in [5, 5.41) is 13.7. The topological polar surface area (TPSA) is 413 Å². The molecule has 0 spiro atoms. The number of halogens is 19. The van der Waals surface area contributed by atoms with Crippen LogP contribution in [0.15, 0.2) is 243 Å². The van der Waals surface area contributed by atoms with Gasteiger partial charge in [0.25, 0.3) is 0 Å². The van der Waals surface area contributed by atoms with Crippen LogP contribution in [0.5, 0.6) is 11.5 Å². The first-order valence-corrected chi connectivity index (χ1v) is 45.0. The standard InChI is InChI=1S/C21H16F4N6.C21H17F3N6O.C20H14F5N7.C19H14F4N6O.C18H12F3N5/c22-16-17(26)29-20(30-18(16)27-13-9-7-12(8-10-13)21(23,24)25)31-15-4-2-1-3-14(15)28-19(31)11-5-6-11;22-16-17(25)28-21(29-18(16)26-12-7-9-13(10-8-12)31-20(23)24)30-15-4-2-1-3-14(15)27-19(30)11-5-6-11;21-11-7-13-16(27-8-11)30-18(9-1-2-9)32(13)19-29-15(26)14(22)17(31-19)28-12-5-3-10(4-6-12)20(23,24)25;1-9-25-12-4-2-3-5-13(12)29(9)19-27-16(24)15(21)17(28-19)26-10-6-7-14(11(20)8-10)30-18(22)23;19-18(20,21)12-4-6-13(7-5-12)24-15-8-9-22-17(25-15)14-11-23-16-3-1-2-10-26(14)16/h1-4,7-11H,5-6H2,(H3,26,27,29,30);1-4,7-11,20H,5-6H2,(H3,25,26,28,29);3-9H,1-2H2,(H3,26,28,29,31);2-8,18H,1H3,(H3,24,26,27,28);1-11H,(H,22,24,25). The Morgan fingerprint density at radius 2 is 0.733 bits per heavy atom. The molecular weight excluding hydrogens is 2000 g/mol. The SMILES string of the molecule is Cc1nc2ccccc2n1-c1nc(N)c(F)c(Nc2ccc(OC(F)F)c(F)c2)n1.FC(F)(F)c1ccc(Nc2ccnc(-c3cnc4ccccn34)n2)cc1.Nc1nc(-n2c(C3CC3)nc3ccccc32)nc(Nc2ccc(C(F)(F)F)cc2)c1F.Nc1nc(-n2c(C3CC3)nc3ccccc32)nc(Nc2ccc(OC(F)F)cc2)c1F.Nc1nc(-n2c(C3CC3)nc3ncc(F)cc32)nc(Nc2ccc(C(F)(F)F)cc2)c1F. The summed E-state index contributed by atoms with van der Waals surface area (Å²) in [5.74, 6) is -3.99. The molecule has 3 aliphatic rings. The van der Waals surface area contributed by atoms with Gasteiger partial charge in [-0.3, -0.25) is 22.7 Å². The number of nitrogen functional groups attached to an aromatic ring is 4. The van der Waals surface area contributed by atoms with E-state index in [0.29, 0.717) is 57.1 Å². The van der Waals surface area contributed by atoms with E-state index in [1.54, 1.807) is 57.3 Å². The number of aromatic nitrogens is 21. The van der Waals surface area contributed by atoms with Crippen molar-refractivity contribution >= 4 is 131 Å². The Hall–Kier alpha value is -18.7. The van der Waals surface area contributed by atoms with Gasteiger partial charge in [0.2, 0.25) is 47.1 Å². The fourth-order valence-electron chi connectivity index (χ4n) is 15.5. The quantitative estimate of drug-likeness (QED) is 0.0285. The normalized spacial score (nSPS) is 13.1. The number of fused-ring (bicyclic) bond motifs is 5. The van der Waals surface area contributed by atoms with Gasteiger partial charge >= 0.3 is 31.8 Å². The van der Waals surface area contributed by atoms with Gasteiger partial charge in [0.1, 0.15) is 52.0 Å². The smallest absolute Gasteiger partial charge is 0.416 e. The predicted molar refractivity (Wildman–Crippen MR) is 516 cm³/mol. The van der Waals surface area contributed by atoms with Crippen LogP contribution in [0.4, 0.5) is 164 Å². The Bertz CT molecular complexity index is 8410. The maximum Gasteiger partial charge on any atom is 0.416 e. The van der Waals surface area contributed by atoms with E-state index in [0.717, 1.165) is 150 Å². The van der Waals surface area contributed by atoms with Crippen molar-refractivity contribution in [2.24, 2.45) is 0 Å². The van der Waals surface area contributed by atoms with E-state index < -0.39 is 101 Å². The van der Waals surface area contributed by atoms with Crippen molar-refractivity contribution in [1.29, 1.82) is 0 Å². The van der Waals surface area contributed by atoms with Crippen LogP contribution in [-0.2, 0) is 18.5 Å². The highest BCUT2D eigenvalue weighted by molar-refractivity contribution is 5.82. The van der Waals surface area contributed by atoms with Crippen molar-refractivity contribution in [2.75, 3.05) is 49.5 Å². The number of pyridine rings is 2. The second-order valence-electron chi connectivity index (χ2n) is 33.6. The Morgan fingerprint density at radius 3 is 1.16 bits per heavy atom. The number of aryl methyl sites for hydroxylation is 1. The molecule has 32 nitrogen and oxygen atoms in total. The summed E-state index contributed by atoms with van der Waals surface area (Å²) in [4.78, 5) is 68.4. The van der Waals surface area contributed by atoms with Gasteiger partial charge in [-0.05, 0) is 209 Å². The van der Waals surface area contributed by atoms with Gasteiger partial charge in [-0.2, -0.15) is 115 Å². The minimum atomic E-state index is -4.50. The second-order valence-corrected chi connectivity index (χ2v) is 33.6. The van der Waals surface area contributed by atoms with E-state index in [-0.39, 0.29) is 99.0 Å². The number of nitrogens with one attached hydrogen (secondary N) is 5. The van der Waals surface area contributed by atoms with Gasteiger partial charge < -0.3 is 59.0 Å². The number of ether oxygens (including phenoxy) is 2. The molecule has 51 heteroatoms. The summed E-state index contributed by atoms with van der Waals surface area (Å²) >= 11 is 0. The molecule has 0 aliphatic heterocycles. The number of hydrogen-bond acceptors (Lipinski definition) is 27. The molecule has 0 amide bonds. The van der Waals surface area contributed by atoms with Crippen molar-refractivity contribution in [2.45, 2.75) is 95.0 Å². The van der Waals surface area contributed by atoms with E-state index in [1.807, 2.05) is 83.4 Å². The second kappa shape index (κ2) is 41.1. The van der Waals surface area contributed by atoms with E-state index in [4.69, 9.17) is 27.9 Å². The molecule has 20 aromatic rings. The minimum absolute atomic E-state index is 0.0112. The maximum absolute atomic E-state index is 14.7. The van der Waals surface area contributed by atoms with Gasteiger partial charge in [0.15, 0.2) is 69.6 Å². The van der Waals surface area contributed by atoms with Crippen LogP contribution in [-0.4, -0.2) is 116 Å². The molecule has 3 fully saturated rings. The zero-order valence-electron chi connectivity index (χ0n) is 76.9. The number of nitrogens with zero attached hydrogens (tertiary/aromatic N) is 21. The van der Waals surface area contributed by atoms with Crippen LogP contribution < -0.4 is 59.0 Å². The lowest BCUT2D eigenvalue weighted by Gasteiger charge is -2.13. The van der Waals surface area contributed by atoms with E-state index in [2.05, 4.69) is 111 Å². The molecule has 12 heterocycles. The molecule has 3 saturated carbocycles. The molecule has 13 N–H and O–H groups in total. The number of benzene rings is 8. The molecule has 0 atom stereocenters. The molecule has 764 valence electrons. The maximum atomic E-state index is 14.7. The third kappa shape index (κ3) is 22.3. The van der Waals surface area contributed by atoms with Crippen molar-refractivity contribution in [3.05, 3.63) is 318 Å². The van der Waals surface area contributed by atoms with Gasteiger partial charge in [0, 0.05) is 70.7 Å². The highest BCUT2D eigenvalue weighted by Crippen LogP contribution is 2.46. The number of rotatable bonds is 22. The molecule has 3 aliphatic carbocycles. The average molecular weight is 2080 g/mol. The Morgan fingerprint density at radius 1 is 0.353 bits per heavy atom. The van der Waals surface area contributed by atoms with Crippen molar-refractivity contribution in [1.82, 2.24) is 102 Å². The molecule has 8 aromatic carbocycles. The van der Waals surface area contributed by atoms with Crippen molar-refractivity contribution < 1.29 is 92.9 Å².